The second-order valence-corrected chi connectivity index (χ2v) is 2.66. The molecule has 0 aliphatic heterocycles. The van der Waals surface area contributed by atoms with Gasteiger partial charge in [0, 0.05) is 12.1 Å². The summed E-state index contributed by atoms with van der Waals surface area (Å²) in [6.07, 6.45) is 6.00. The third-order valence-electron chi connectivity index (χ3n) is 1.69. The molecule has 15 heavy (non-hydrogen) atoms. The lowest BCUT2D eigenvalue weighted by Crippen LogP contribution is -1.90. The Labute approximate surface area is 86.9 Å². The minimum Gasteiger partial charge on any atom is -0.258 e. The Morgan fingerprint density at radius 2 is 2.07 bits per heavy atom. The molecule has 0 amide bonds. The van der Waals surface area contributed by atoms with E-state index in [1.54, 1.807) is 30.4 Å². The average Bonchev–Trinajstić information content (AvgIpc) is 2.25. The number of nitro benzene ring substituents is 1. The number of benzene rings is 1. The third kappa shape index (κ3) is 3.08. The lowest BCUT2D eigenvalue weighted by atomic mass is 10.1. The number of rotatable bonds is 3. The van der Waals surface area contributed by atoms with Crippen LogP contribution in [0.25, 0.3) is 6.08 Å². The van der Waals surface area contributed by atoms with Crippen molar-refractivity contribution in [1.29, 1.82) is 5.26 Å². The first-order valence-electron chi connectivity index (χ1n) is 4.22. The second-order valence-electron chi connectivity index (χ2n) is 2.66. The normalized spacial score (nSPS) is 10.6. The fourth-order valence-electron chi connectivity index (χ4n) is 1.05. The van der Waals surface area contributed by atoms with Crippen LogP contribution in [0.3, 0.4) is 0 Å². The molecule has 0 aromatic heterocycles. The highest BCUT2D eigenvalue weighted by atomic mass is 16.6. The molecule has 0 heterocycles. The van der Waals surface area contributed by atoms with Crippen molar-refractivity contribution < 1.29 is 4.92 Å². The predicted molar refractivity (Wildman–Crippen MR) is 56.9 cm³/mol. The quantitative estimate of drug-likeness (QED) is 0.326. The van der Waals surface area contributed by atoms with E-state index in [1.807, 2.05) is 6.07 Å². The average molecular weight is 200 g/mol. The van der Waals surface area contributed by atoms with Crippen LogP contribution in [0.5, 0.6) is 0 Å². The van der Waals surface area contributed by atoms with Gasteiger partial charge < -0.3 is 0 Å². The van der Waals surface area contributed by atoms with Crippen LogP contribution in [0.15, 0.2) is 42.5 Å². The van der Waals surface area contributed by atoms with Crippen molar-refractivity contribution in [2.45, 2.75) is 0 Å². The summed E-state index contributed by atoms with van der Waals surface area (Å²) in [6.45, 7) is 0. The van der Waals surface area contributed by atoms with Crippen molar-refractivity contribution in [3.05, 3.63) is 58.2 Å². The topological polar surface area (TPSA) is 66.9 Å². The molecule has 74 valence electrons. The maximum Gasteiger partial charge on any atom is 0.276 e. The molecule has 0 aliphatic carbocycles. The van der Waals surface area contributed by atoms with Gasteiger partial charge in [-0.15, -0.1) is 0 Å². The Morgan fingerprint density at radius 3 is 2.73 bits per heavy atom. The van der Waals surface area contributed by atoms with Crippen LogP contribution in [0.2, 0.25) is 0 Å². The maximum atomic E-state index is 10.6. The summed E-state index contributed by atoms with van der Waals surface area (Å²) in [5.41, 5.74) is 0.573. The Morgan fingerprint density at radius 1 is 1.33 bits per heavy atom. The number of nitro groups is 1. The number of para-hydroxylation sites is 1. The Bertz CT molecular complexity index is 456. The smallest absolute Gasteiger partial charge is 0.258 e. The fourth-order valence-corrected chi connectivity index (χ4v) is 1.05. The van der Waals surface area contributed by atoms with Gasteiger partial charge >= 0.3 is 0 Å². The van der Waals surface area contributed by atoms with E-state index in [2.05, 4.69) is 0 Å². The summed E-state index contributed by atoms with van der Waals surface area (Å²) in [6, 6.07) is 8.25. The van der Waals surface area contributed by atoms with Crippen molar-refractivity contribution in [3.8, 4) is 6.07 Å². The van der Waals surface area contributed by atoms with Crippen molar-refractivity contribution in [2.24, 2.45) is 0 Å². The molecule has 4 heteroatoms. The van der Waals surface area contributed by atoms with Gasteiger partial charge in [-0.2, -0.15) is 5.26 Å². The van der Waals surface area contributed by atoms with E-state index in [4.69, 9.17) is 5.26 Å². The van der Waals surface area contributed by atoms with E-state index in [1.165, 1.54) is 18.2 Å². The summed E-state index contributed by atoms with van der Waals surface area (Å²) >= 11 is 0. The van der Waals surface area contributed by atoms with Crippen LogP contribution in [0.1, 0.15) is 5.56 Å². The molecule has 4 nitrogen and oxygen atoms in total. The standard InChI is InChI=1S/C11H8N2O2/c12-9-5-1-2-6-10-7-3-4-8-11(10)13(14)15/h1-8H/b5-1-,6-2+. The highest BCUT2D eigenvalue weighted by Crippen LogP contribution is 2.18. The summed E-state index contributed by atoms with van der Waals surface area (Å²) in [5.74, 6) is 0. The Kier molecular flexibility index (Phi) is 3.80. The van der Waals surface area contributed by atoms with Crippen LogP contribution in [-0.4, -0.2) is 4.92 Å². The Hall–Kier alpha value is -2.41. The van der Waals surface area contributed by atoms with Gasteiger partial charge in [-0.25, -0.2) is 0 Å². The van der Waals surface area contributed by atoms with Crippen molar-refractivity contribution in [2.75, 3.05) is 0 Å². The van der Waals surface area contributed by atoms with Crippen molar-refractivity contribution >= 4 is 11.8 Å². The van der Waals surface area contributed by atoms with Gasteiger partial charge in [-0.1, -0.05) is 24.3 Å². The first kappa shape index (κ1) is 10.7. The number of allylic oxidation sites excluding steroid dienone is 3. The summed E-state index contributed by atoms with van der Waals surface area (Å²) in [7, 11) is 0. The van der Waals surface area contributed by atoms with E-state index in [0.29, 0.717) is 5.56 Å². The molecule has 0 unspecified atom stereocenters. The molecule has 1 rings (SSSR count). The monoisotopic (exact) mass is 200 g/mol. The van der Waals surface area contributed by atoms with Crippen LogP contribution in [0, 0.1) is 21.4 Å². The number of nitrogens with zero attached hydrogens (tertiary/aromatic N) is 2. The lowest BCUT2D eigenvalue weighted by Gasteiger charge is -1.94. The summed E-state index contributed by atoms with van der Waals surface area (Å²) < 4.78 is 0. The van der Waals surface area contributed by atoms with E-state index >= 15 is 0 Å². The van der Waals surface area contributed by atoms with E-state index in [-0.39, 0.29) is 5.69 Å². The molecule has 0 saturated carbocycles. The molecule has 0 atom stereocenters. The minimum absolute atomic E-state index is 0.0547. The van der Waals surface area contributed by atoms with Gasteiger partial charge in [0.25, 0.3) is 5.69 Å². The first-order valence-corrected chi connectivity index (χ1v) is 4.22. The van der Waals surface area contributed by atoms with Gasteiger partial charge in [0.15, 0.2) is 0 Å². The highest BCUT2D eigenvalue weighted by molar-refractivity contribution is 5.61. The largest absolute Gasteiger partial charge is 0.276 e. The van der Waals surface area contributed by atoms with Crippen molar-refractivity contribution in [1.82, 2.24) is 0 Å². The van der Waals surface area contributed by atoms with Gasteiger partial charge in [-0.3, -0.25) is 10.1 Å². The predicted octanol–water partition coefficient (Wildman–Crippen LogP) is 2.69. The van der Waals surface area contributed by atoms with Crippen LogP contribution in [0.4, 0.5) is 5.69 Å². The van der Waals surface area contributed by atoms with Crippen LogP contribution < -0.4 is 0 Å². The molecule has 0 saturated heterocycles. The third-order valence-corrected chi connectivity index (χ3v) is 1.69. The zero-order chi connectivity index (χ0) is 11.1. The van der Waals surface area contributed by atoms with Crippen molar-refractivity contribution in [3.63, 3.8) is 0 Å². The fraction of sp³-hybridized carbons (Fsp3) is 0. The number of hydrogen-bond donors (Lipinski definition) is 0. The number of hydrogen-bond acceptors (Lipinski definition) is 3. The van der Waals surface area contributed by atoms with E-state index < -0.39 is 4.92 Å². The van der Waals surface area contributed by atoms with Crippen LogP contribution in [-0.2, 0) is 0 Å². The highest BCUT2D eigenvalue weighted by Gasteiger charge is 2.08. The van der Waals surface area contributed by atoms with E-state index in [0.717, 1.165) is 0 Å². The summed E-state index contributed by atoms with van der Waals surface area (Å²) in [4.78, 5) is 10.2. The molecule has 1 aromatic carbocycles. The molecule has 1 aromatic rings. The van der Waals surface area contributed by atoms with Gasteiger partial charge in [0.1, 0.15) is 0 Å². The van der Waals surface area contributed by atoms with E-state index in [9.17, 15) is 10.1 Å². The van der Waals surface area contributed by atoms with Gasteiger partial charge in [0.05, 0.1) is 16.6 Å². The SMILES string of the molecule is N#C/C=C\C=C\c1ccccc1[N+](=O)[O-]. The molecule has 0 bridgehead atoms. The second kappa shape index (κ2) is 5.35. The zero-order valence-corrected chi connectivity index (χ0v) is 7.83. The molecule has 0 radical (unpaired) electrons. The Balaban J connectivity index is 2.95. The molecule has 0 fully saturated rings. The zero-order valence-electron chi connectivity index (χ0n) is 7.83. The van der Waals surface area contributed by atoms with Crippen LogP contribution >= 0.6 is 0 Å². The molecule has 0 N–H and O–H groups in total. The molecular weight excluding hydrogens is 192 g/mol. The minimum atomic E-state index is -0.437. The maximum absolute atomic E-state index is 10.6. The number of nitriles is 1. The first-order chi connectivity index (χ1) is 7.25. The molecule has 0 spiro atoms. The molecular formula is C11H8N2O2. The lowest BCUT2D eigenvalue weighted by molar-refractivity contribution is -0.385. The molecule has 0 aliphatic rings. The summed E-state index contributed by atoms with van der Waals surface area (Å²) in [5, 5.41) is 18.8. The van der Waals surface area contributed by atoms with Gasteiger partial charge in [-0.05, 0) is 12.1 Å². The van der Waals surface area contributed by atoms with Gasteiger partial charge in [0.2, 0.25) is 0 Å².